The molecule has 14 heteroatoms. The number of azide groups is 1. The van der Waals surface area contributed by atoms with Gasteiger partial charge in [0.1, 0.15) is 48.8 Å². The summed E-state index contributed by atoms with van der Waals surface area (Å²) in [4.78, 5) is 2.28. The summed E-state index contributed by atoms with van der Waals surface area (Å²) in [5.41, 5.74) is 8.42. The molecule has 0 saturated carbocycles. The highest BCUT2D eigenvalue weighted by atomic mass is 16.7. The highest BCUT2D eigenvalue weighted by Crippen LogP contribution is 2.33. The average molecular weight is 383 g/mol. The largest absolute Gasteiger partial charge is 0.394 e. The van der Waals surface area contributed by atoms with Gasteiger partial charge in [0.05, 0.1) is 13.2 Å². The van der Waals surface area contributed by atoms with Crippen molar-refractivity contribution in [3.05, 3.63) is 10.4 Å². The minimum absolute atomic E-state index is 0.725. The molecule has 10 atom stereocenters. The maximum Gasteiger partial charge on any atom is 0.276 e. The van der Waals surface area contributed by atoms with Crippen LogP contribution in [0.1, 0.15) is 0 Å². The maximum atomic E-state index is 10.2. The van der Waals surface area contributed by atoms with Crippen molar-refractivity contribution in [2.24, 2.45) is 5.11 Å². The molecule has 14 nitrogen and oxygen atoms in total. The predicted molar refractivity (Wildman–Crippen MR) is 76.7 cm³/mol. The van der Waals surface area contributed by atoms with Crippen molar-refractivity contribution in [1.82, 2.24) is 0 Å². The first-order chi connectivity index (χ1) is 12.2. The third-order valence-corrected chi connectivity index (χ3v) is 4.24. The third kappa shape index (κ3) is 3.77. The molecule has 0 aromatic heterocycles. The molecule has 2 aliphatic rings. The van der Waals surface area contributed by atoms with Crippen LogP contribution in [0.4, 0.5) is 0 Å². The average Bonchev–Trinajstić information content (AvgIpc) is 2.62. The van der Waals surface area contributed by atoms with Crippen molar-refractivity contribution in [3.8, 4) is 0 Å². The van der Waals surface area contributed by atoms with E-state index in [-0.39, 0.29) is 0 Å². The van der Waals surface area contributed by atoms with E-state index < -0.39 is 74.2 Å². The van der Waals surface area contributed by atoms with E-state index in [0.717, 1.165) is 0 Å². The van der Waals surface area contributed by atoms with Crippen molar-refractivity contribution in [2.75, 3.05) is 13.2 Å². The van der Waals surface area contributed by atoms with E-state index in [0.29, 0.717) is 0 Å². The van der Waals surface area contributed by atoms with Crippen LogP contribution in [0.15, 0.2) is 5.11 Å². The van der Waals surface area contributed by atoms with Crippen LogP contribution in [-0.2, 0) is 14.2 Å². The Morgan fingerprint density at radius 1 is 0.962 bits per heavy atom. The van der Waals surface area contributed by atoms with Crippen LogP contribution >= 0.6 is 0 Å². The number of aliphatic hydroxyl groups excluding tert-OH is 7. The van der Waals surface area contributed by atoms with Crippen LogP contribution in [0.25, 0.3) is 10.4 Å². The molecule has 2 fully saturated rings. The first kappa shape index (κ1) is 21.2. The Kier molecular flexibility index (Phi) is 6.73. The molecule has 0 aliphatic carbocycles. The summed E-state index contributed by atoms with van der Waals surface area (Å²) in [6.45, 7) is -1.59. The molecule has 2 aliphatic heterocycles. The normalized spacial score (nSPS) is 49.5. The lowest BCUT2D eigenvalue weighted by Gasteiger charge is -2.47. The maximum absolute atomic E-state index is 10.2. The van der Waals surface area contributed by atoms with Gasteiger partial charge < -0.3 is 55.1 Å². The molecular weight excluding hydrogens is 362 g/mol. The second kappa shape index (κ2) is 8.26. The molecule has 2 saturated heterocycles. The molecule has 0 aromatic rings. The Morgan fingerprint density at radius 3 is 2.12 bits per heavy atom. The number of aliphatic hydroxyl groups is 8. The number of nitrogens with zero attached hydrogens (tertiary/aromatic N) is 3. The molecule has 26 heavy (non-hydrogen) atoms. The minimum Gasteiger partial charge on any atom is -0.394 e. The van der Waals surface area contributed by atoms with Crippen molar-refractivity contribution in [3.63, 3.8) is 0 Å². The van der Waals surface area contributed by atoms with Gasteiger partial charge in [0.25, 0.3) is 5.91 Å². The summed E-state index contributed by atoms with van der Waals surface area (Å²) < 4.78 is 15.2. The summed E-state index contributed by atoms with van der Waals surface area (Å²) in [5, 5.41) is 80.8. The zero-order chi connectivity index (χ0) is 19.6. The molecule has 8 N–H and O–H groups in total. The molecule has 0 aromatic carbocycles. The van der Waals surface area contributed by atoms with Gasteiger partial charge in [-0.3, -0.25) is 0 Å². The van der Waals surface area contributed by atoms with Gasteiger partial charge in [-0.1, -0.05) is 0 Å². The summed E-state index contributed by atoms with van der Waals surface area (Å²) in [7, 11) is 0. The van der Waals surface area contributed by atoms with Crippen LogP contribution in [0.2, 0.25) is 0 Å². The topological polar surface area (TPSA) is 238 Å². The van der Waals surface area contributed by atoms with E-state index in [2.05, 4.69) is 10.0 Å². The minimum atomic E-state index is -2.88. The van der Waals surface area contributed by atoms with Gasteiger partial charge in [-0.25, -0.2) is 0 Å². The number of hydrogen-bond donors (Lipinski definition) is 8. The fraction of sp³-hybridized carbons (Fsp3) is 1.00. The number of rotatable bonds is 5. The predicted octanol–water partition coefficient (Wildman–Crippen LogP) is -4.76. The van der Waals surface area contributed by atoms with Crippen LogP contribution < -0.4 is 0 Å². The van der Waals surface area contributed by atoms with Gasteiger partial charge in [0.2, 0.25) is 0 Å². The van der Waals surface area contributed by atoms with Gasteiger partial charge in [-0.05, 0) is 10.6 Å². The van der Waals surface area contributed by atoms with Crippen molar-refractivity contribution < 1.29 is 55.1 Å². The number of hydrogen-bond acceptors (Lipinski definition) is 12. The van der Waals surface area contributed by atoms with Crippen LogP contribution in [0, 0.1) is 0 Å². The quantitative estimate of drug-likeness (QED) is 0.127. The standard InChI is InChI=1S/C12H21N3O11/c13-15-14-12(23)10(22)8(21)9(4(2-17)26-12)25-11-7(20)6(19)5(18)3(1-16)24-11/h3-11,16-23H,1-2H2/t3-,4-,5+,6+,7-,8+,9-,10-,11+,12?/m1/s1. The van der Waals surface area contributed by atoms with E-state index in [9.17, 15) is 35.7 Å². The Balaban J connectivity index is 2.20. The molecule has 1 unspecified atom stereocenters. The van der Waals surface area contributed by atoms with Crippen molar-refractivity contribution >= 4 is 0 Å². The molecule has 0 spiro atoms. The zero-order valence-corrected chi connectivity index (χ0v) is 13.3. The van der Waals surface area contributed by atoms with E-state index in [1.165, 1.54) is 0 Å². The monoisotopic (exact) mass is 383 g/mol. The summed E-state index contributed by atoms with van der Waals surface area (Å²) >= 11 is 0. The van der Waals surface area contributed by atoms with Gasteiger partial charge in [0, 0.05) is 4.91 Å². The molecule has 2 heterocycles. The molecule has 0 amide bonds. The smallest absolute Gasteiger partial charge is 0.276 e. The summed E-state index contributed by atoms with van der Waals surface area (Å²) in [6, 6.07) is 0. The highest BCUT2D eigenvalue weighted by Gasteiger charge is 2.55. The van der Waals surface area contributed by atoms with E-state index >= 15 is 0 Å². The van der Waals surface area contributed by atoms with E-state index in [1.807, 2.05) is 0 Å². The van der Waals surface area contributed by atoms with Gasteiger partial charge in [-0.2, -0.15) is 0 Å². The van der Waals surface area contributed by atoms with Crippen LogP contribution in [-0.4, -0.2) is 115 Å². The van der Waals surface area contributed by atoms with Crippen molar-refractivity contribution in [2.45, 2.75) is 61.0 Å². The Bertz CT molecular complexity index is 531. The first-order valence-corrected chi connectivity index (χ1v) is 7.59. The second-order valence-electron chi connectivity index (χ2n) is 5.92. The fourth-order valence-electron chi connectivity index (χ4n) is 2.77. The lowest BCUT2D eigenvalue weighted by molar-refractivity contribution is -0.381. The highest BCUT2D eigenvalue weighted by molar-refractivity contribution is 4.97. The summed E-state index contributed by atoms with van der Waals surface area (Å²) in [6.07, 6.45) is -15.5. The SMILES string of the molecule is [N-]=[N+]=NC1(O)O[C@H](CO)[C@@H](O[C@@H]2O[C@H](CO)[C@H](O)[C@H](O)[C@H]2O)[C@H](O)[C@H]1O. The van der Waals surface area contributed by atoms with E-state index in [4.69, 9.17) is 24.8 Å². The van der Waals surface area contributed by atoms with E-state index in [1.54, 1.807) is 0 Å². The Labute approximate surface area is 146 Å². The zero-order valence-electron chi connectivity index (χ0n) is 13.3. The lowest BCUT2D eigenvalue weighted by Crippen LogP contribution is -2.67. The van der Waals surface area contributed by atoms with Gasteiger partial charge in [0.15, 0.2) is 6.29 Å². The Hall–Kier alpha value is -1.13. The second-order valence-corrected chi connectivity index (χ2v) is 5.92. The molecular formula is C12H21N3O11. The molecule has 0 radical (unpaired) electrons. The lowest BCUT2D eigenvalue weighted by atomic mass is 9.95. The summed E-state index contributed by atoms with van der Waals surface area (Å²) in [5.74, 6) is -2.88. The molecule has 150 valence electrons. The third-order valence-electron chi connectivity index (χ3n) is 4.24. The van der Waals surface area contributed by atoms with Crippen LogP contribution in [0.5, 0.6) is 0 Å². The molecule has 0 bridgehead atoms. The Morgan fingerprint density at radius 2 is 1.58 bits per heavy atom. The molecule has 2 rings (SSSR count). The fourth-order valence-corrected chi connectivity index (χ4v) is 2.77. The van der Waals surface area contributed by atoms with Gasteiger partial charge in [-0.15, -0.1) is 0 Å². The first-order valence-electron chi connectivity index (χ1n) is 7.59. The van der Waals surface area contributed by atoms with Gasteiger partial charge >= 0.3 is 0 Å². The van der Waals surface area contributed by atoms with Crippen molar-refractivity contribution in [1.29, 1.82) is 0 Å². The number of ether oxygens (including phenoxy) is 3. The van der Waals surface area contributed by atoms with Crippen LogP contribution in [0.3, 0.4) is 0 Å².